The molecule has 0 bridgehead atoms. The van der Waals surface area contributed by atoms with Crippen LogP contribution in [0.2, 0.25) is 0 Å². The van der Waals surface area contributed by atoms with Gasteiger partial charge in [-0.15, -0.1) is 0 Å². The summed E-state index contributed by atoms with van der Waals surface area (Å²) >= 11 is 0. The van der Waals surface area contributed by atoms with Crippen LogP contribution in [0.25, 0.3) is 10.8 Å². The highest BCUT2D eigenvalue weighted by molar-refractivity contribution is 6.07. The van der Waals surface area contributed by atoms with E-state index in [4.69, 9.17) is 0 Å². The second-order valence-corrected chi connectivity index (χ2v) is 5.80. The maximum atomic E-state index is 10.2. The topological polar surface area (TPSA) is 142 Å². The number of phenolic OH excluding ortho intramolecular Hbond substituents is 7. The van der Waals surface area contributed by atoms with E-state index in [9.17, 15) is 35.7 Å². The summed E-state index contributed by atoms with van der Waals surface area (Å²) in [6.45, 7) is 5.21. The van der Waals surface area contributed by atoms with Gasteiger partial charge in [-0.2, -0.15) is 0 Å². The van der Waals surface area contributed by atoms with Crippen LogP contribution in [0, 0.1) is 0 Å². The first-order valence-electron chi connectivity index (χ1n) is 6.63. The van der Waals surface area contributed by atoms with Gasteiger partial charge >= 0.3 is 0 Å². The molecule has 0 aromatic heterocycles. The van der Waals surface area contributed by atoms with E-state index in [2.05, 4.69) is 0 Å². The average Bonchev–Trinajstić information content (AvgIpc) is 2.47. The Morgan fingerprint density at radius 2 is 0.955 bits per heavy atom. The average molecular weight is 310 g/mol. The normalized spacial score (nSPS) is 12.0. The van der Waals surface area contributed by atoms with Crippen LogP contribution in [0.15, 0.2) is 0 Å². The van der Waals surface area contributed by atoms with Crippen molar-refractivity contribution in [2.75, 3.05) is 0 Å². The van der Waals surface area contributed by atoms with Crippen LogP contribution in [-0.4, -0.2) is 35.7 Å². The van der Waals surface area contributed by atoms with Crippen molar-refractivity contribution in [3.63, 3.8) is 0 Å². The summed E-state index contributed by atoms with van der Waals surface area (Å²) in [5.41, 5.74) is -0.746. The first kappa shape index (κ1) is 15.7. The lowest BCUT2D eigenvalue weighted by atomic mass is 9.78. The predicted molar refractivity (Wildman–Crippen MR) is 78.9 cm³/mol. The quantitative estimate of drug-likeness (QED) is 0.333. The Morgan fingerprint density at radius 3 is 1.36 bits per heavy atom. The summed E-state index contributed by atoms with van der Waals surface area (Å²) in [4.78, 5) is 0. The zero-order valence-electron chi connectivity index (χ0n) is 12.3. The zero-order chi connectivity index (χ0) is 17.0. The fourth-order valence-corrected chi connectivity index (χ4v) is 2.47. The number of phenols is 7. The Kier molecular flexibility index (Phi) is 3.32. The lowest BCUT2D eigenvalue weighted by Crippen LogP contribution is -2.16. The SMILES string of the molecule is CCC(C)(C)c1c(O)c(O)c(O)c2c(O)c(O)c(O)c(O)c12. The molecule has 2 rings (SSSR count). The highest BCUT2D eigenvalue weighted by Gasteiger charge is 2.34. The first-order chi connectivity index (χ1) is 10.1. The van der Waals surface area contributed by atoms with Gasteiger partial charge in [-0.3, -0.25) is 0 Å². The number of rotatable bonds is 2. The van der Waals surface area contributed by atoms with Crippen LogP contribution < -0.4 is 0 Å². The van der Waals surface area contributed by atoms with E-state index in [1.165, 1.54) is 0 Å². The van der Waals surface area contributed by atoms with Gasteiger partial charge in [0.1, 0.15) is 0 Å². The van der Waals surface area contributed by atoms with E-state index in [1.807, 2.05) is 0 Å². The highest BCUT2D eigenvalue weighted by atomic mass is 16.3. The minimum absolute atomic E-state index is 0.0309. The summed E-state index contributed by atoms with van der Waals surface area (Å²) in [6, 6.07) is 0. The molecule has 2 aromatic carbocycles. The molecule has 0 fully saturated rings. The third-order valence-electron chi connectivity index (χ3n) is 4.13. The molecule has 0 radical (unpaired) electrons. The Hall–Kier alpha value is -2.70. The maximum absolute atomic E-state index is 10.2. The van der Waals surface area contributed by atoms with Crippen LogP contribution in [0.4, 0.5) is 0 Å². The largest absolute Gasteiger partial charge is 0.504 e. The summed E-state index contributed by atoms with van der Waals surface area (Å²) in [5.74, 6) is -6.21. The van der Waals surface area contributed by atoms with Gasteiger partial charge in [0.05, 0.1) is 5.39 Å². The van der Waals surface area contributed by atoms with Gasteiger partial charge in [-0.25, -0.2) is 0 Å². The van der Waals surface area contributed by atoms with Crippen molar-refractivity contribution in [1.82, 2.24) is 0 Å². The smallest absolute Gasteiger partial charge is 0.205 e. The minimum Gasteiger partial charge on any atom is -0.504 e. The van der Waals surface area contributed by atoms with Crippen LogP contribution in [0.3, 0.4) is 0 Å². The molecule has 0 amide bonds. The van der Waals surface area contributed by atoms with Crippen molar-refractivity contribution in [1.29, 1.82) is 0 Å². The van der Waals surface area contributed by atoms with Gasteiger partial charge in [0.2, 0.25) is 17.2 Å². The molecule has 22 heavy (non-hydrogen) atoms. The molecule has 0 aliphatic heterocycles. The van der Waals surface area contributed by atoms with Crippen molar-refractivity contribution in [2.24, 2.45) is 0 Å². The standard InChI is InChI=1S/C15H18O7/c1-4-15(2,3)7-5-6(9(17)12(20)11(7)19)10(18)14(22)13(21)8(5)16/h16-22H,4H2,1-3H3. The lowest BCUT2D eigenvalue weighted by molar-refractivity contribution is 0.342. The molecule has 120 valence electrons. The van der Waals surface area contributed by atoms with Gasteiger partial charge in [-0.05, 0) is 11.8 Å². The second-order valence-electron chi connectivity index (χ2n) is 5.80. The third-order valence-corrected chi connectivity index (χ3v) is 4.13. The molecule has 7 heteroatoms. The molecular formula is C15H18O7. The lowest BCUT2D eigenvalue weighted by Gasteiger charge is -2.27. The summed E-state index contributed by atoms with van der Waals surface area (Å²) in [6.07, 6.45) is 0.474. The molecule has 0 spiro atoms. The number of benzene rings is 2. The van der Waals surface area contributed by atoms with Crippen molar-refractivity contribution in [3.8, 4) is 40.2 Å². The van der Waals surface area contributed by atoms with Gasteiger partial charge in [0, 0.05) is 10.9 Å². The summed E-state index contributed by atoms with van der Waals surface area (Å²) < 4.78 is 0. The first-order valence-corrected chi connectivity index (χ1v) is 6.63. The van der Waals surface area contributed by atoms with Crippen molar-refractivity contribution < 1.29 is 35.7 Å². The molecule has 0 aliphatic carbocycles. The molecule has 0 saturated carbocycles. The molecule has 0 unspecified atom stereocenters. The highest BCUT2D eigenvalue weighted by Crippen LogP contribution is 2.59. The Labute approximate surface area is 125 Å². The van der Waals surface area contributed by atoms with Gasteiger partial charge in [0.25, 0.3) is 0 Å². The minimum atomic E-state index is -1.04. The van der Waals surface area contributed by atoms with Crippen LogP contribution >= 0.6 is 0 Å². The van der Waals surface area contributed by atoms with Gasteiger partial charge < -0.3 is 35.7 Å². The second kappa shape index (κ2) is 4.66. The summed E-state index contributed by atoms with van der Waals surface area (Å²) in [5, 5.41) is 68.7. The Bertz CT molecular complexity index is 770. The third kappa shape index (κ3) is 1.82. The molecule has 0 aliphatic rings. The van der Waals surface area contributed by atoms with Crippen molar-refractivity contribution in [2.45, 2.75) is 32.6 Å². The van der Waals surface area contributed by atoms with Crippen LogP contribution in [0.5, 0.6) is 40.2 Å². The van der Waals surface area contributed by atoms with Crippen LogP contribution in [0.1, 0.15) is 32.8 Å². The van der Waals surface area contributed by atoms with Crippen LogP contribution in [-0.2, 0) is 5.41 Å². The molecule has 0 heterocycles. The molecule has 7 nitrogen and oxygen atoms in total. The van der Waals surface area contributed by atoms with E-state index in [0.717, 1.165) is 0 Å². The number of hydrogen-bond donors (Lipinski definition) is 7. The molecule has 2 aromatic rings. The molecule has 0 saturated heterocycles. The van der Waals surface area contributed by atoms with E-state index >= 15 is 0 Å². The zero-order valence-corrected chi connectivity index (χ0v) is 12.3. The molecular weight excluding hydrogens is 292 g/mol. The fourth-order valence-electron chi connectivity index (χ4n) is 2.47. The number of fused-ring (bicyclic) bond motifs is 1. The molecule has 7 N–H and O–H groups in total. The Balaban J connectivity index is 3.23. The maximum Gasteiger partial charge on any atom is 0.205 e. The van der Waals surface area contributed by atoms with Crippen molar-refractivity contribution in [3.05, 3.63) is 5.56 Å². The Morgan fingerprint density at radius 1 is 0.591 bits per heavy atom. The predicted octanol–water partition coefficient (Wildman–Crippen LogP) is 2.47. The van der Waals surface area contributed by atoms with E-state index in [1.54, 1.807) is 20.8 Å². The van der Waals surface area contributed by atoms with E-state index in [-0.39, 0.29) is 10.9 Å². The van der Waals surface area contributed by atoms with Crippen molar-refractivity contribution >= 4 is 10.8 Å². The monoisotopic (exact) mass is 310 g/mol. The fraction of sp³-hybridized carbons (Fsp3) is 0.333. The number of aromatic hydroxyl groups is 7. The van der Waals surface area contributed by atoms with Gasteiger partial charge in [0.15, 0.2) is 23.0 Å². The number of hydrogen-bond acceptors (Lipinski definition) is 7. The van der Waals surface area contributed by atoms with E-state index < -0.39 is 51.0 Å². The summed E-state index contributed by atoms with van der Waals surface area (Å²) in [7, 11) is 0. The van der Waals surface area contributed by atoms with E-state index in [0.29, 0.717) is 6.42 Å². The molecule has 0 atom stereocenters. The van der Waals surface area contributed by atoms with Gasteiger partial charge in [-0.1, -0.05) is 20.8 Å².